The number of alkyl carbamates (subject to hydrolysis) is 1. The monoisotopic (exact) mass is 462 g/mol. The molecule has 1 aliphatic carbocycles. The van der Waals surface area contributed by atoms with Crippen LogP contribution in [0.4, 0.5) is 10.6 Å². The van der Waals surface area contributed by atoms with Crippen molar-refractivity contribution in [1.29, 1.82) is 0 Å². The van der Waals surface area contributed by atoms with Crippen molar-refractivity contribution >= 4 is 23.8 Å². The Labute approximate surface area is 196 Å². The van der Waals surface area contributed by atoms with E-state index in [0.717, 1.165) is 26.9 Å². The molecular weight excluding hydrogens is 436 g/mol. The van der Waals surface area contributed by atoms with Crippen molar-refractivity contribution in [2.24, 2.45) is 7.05 Å². The lowest BCUT2D eigenvalue weighted by molar-refractivity contribution is -0.118. The van der Waals surface area contributed by atoms with Gasteiger partial charge in [-0.15, -0.1) is 0 Å². The molecule has 2 aromatic carbocycles. The van der Waals surface area contributed by atoms with Crippen LogP contribution in [-0.4, -0.2) is 45.5 Å². The van der Waals surface area contributed by atoms with Gasteiger partial charge >= 0.3 is 12.1 Å². The highest BCUT2D eigenvalue weighted by Gasteiger charge is 2.30. The molecule has 1 atom stereocenters. The van der Waals surface area contributed by atoms with Crippen LogP contribution >= 0.6 is 0 Å². The number of nitrogens with one attached hydrogen (secondary N) is 2. The molecule has 9 nitrogen and oxygen atoms in total. The quantitative estimate of drug-likeness (QED) is 0.468. The predicted octanol–water partition coefficient (Wildman–Crippen LogP) is 3.76. The smallest absolute Gasteiger partial charge is 0.407 e. The zero-order valence-corrected chi connectivity index (χ0v) is 18.9. The maximum atomic E-state index is 12.7. The van der Waals surface area contributed by atoms with E-state index in [9.17, 15) is 14.4 Å². The van der Waals surface area contributed by atoms with Gasteiger partial charge in [0.2, 0.25) is 5.91 Å². The highest BCUT2D eigenvalue weighted by molar-refractivity contribution is 5.97. The number of carboxylic acids is 1. The van der Waals surface area contributed by atoms with E-state index in [1.807, 2.05) is 43.3 Å². The van der Waals surface area contributed by atoms with Crippen LogP contribution in [0.2, 0.25) is 0 Å². The predicted molar refractivity (Wildman–Crippen MR) is 126 cm³/mol. The number of anilines is 1. The van der Waals surface area contributed by atoms with Crippen LogP contribution in [0.5, 0.6) is 0 Å². The number of fused-ring (bicyclic) bond motifs is 3. The van der Waals surface area contributed by atoms with Crippen LogP contribution in [-0.2, 0) is 16.6 Å². The lowest BCUT2D eigenvalue weighted by Gasteiger charge is -2.19. The van der Waals surface area contributed by atoms with E-state index in [0.29, 0.717) is 12.8 Å². The summed E-state index contributed by atoms with van der Waals surface area (Å²) in [5.74, 6) is -1.64. The molecule has 0 unspecified atom stereocenters. The van der Waals surface area contributed by atoms with Crippen LogP contribution in [0.25, 0.3) is 11.1 Å². The summed E-state index contributed by atoms with van der Waals surface area (Å²) >= 11 is 0. The molecule has 0 fully saturated rings. The highest BCUT2D eigenvalue weighted by Crippen LogP contribution is 2.44. The standard InChI is InChI=1S/C25H26N4O5/c1-3-8-20(23(30)27-22-13-21(24(31)32)29(2)28-22)26-25(33)34-14-19-17-11-6-4-9-15(17)16-10-5-7-12-18(16)19/h4-7,9-13,19-20H,3,8,14H2,1-2H3,(H,26,33)(H,31,32)(H,27,28,30)/t20-/m1/s1. The summed E-state index contributed by atoms with van der Waals surface area (Å²) in [6.07, 6.45) is 0.335. The van der Waals surface area contributed by atoms with Gasteiger partial charge in [-0.2, -0.15) is 5.10 Å². The zero-order valence-electron chi connectivity index (χ0n) is 18.9. The molecule has 0 saturated carbocycles. The lowest BCUT2D eigenvalue weighted by atomic mass is 9.98. The number of rotatable bonds is 8. The van der Waals surface area contributed by atoms with Crippen molar-refractivity contribution in [2.75, 3.05) is 11.9 Å². The number of carbonyl (C=O) groups is 3. The molecule has 4 rings (SSSR count). The third kappa shape index (κ3) is 4.63. The van der Waals surface area contributed by atoms with E-state index in [1.165, 1.54) is 13.1 Å². The Kier molecular flexibility index (Phi) is 6.62. The van der Waals surface area contributed by atoms with E-state index in [2.05, 4.69) is 27.9 Å². The van der Waals surface area contributed by atoms with Gasteiger partial charge in [0.25, 0.3) is 0 Å². The number of hydrogen-bond acceptors (Lipinski definition) is 5. The molecule has 0 saturated heterocycles. The fourth-order valence-corrected chi connectivity index (χ4v) is 4.28. The van der Waals surface area contributed by atoms with Crippen molar-refractivity contribution < 1.29 is 24.2 Å². The molecule has 1 aromatic heterocycles. The number of benzene rings is 2. The average molecular weight is 463 g/mol. The van der Waals surface area contributed by atoms with Crippen LogP contribution < -0.4 is 10.6 Å². The third-order valence-corrected chi connectivity index (χ3v) is 5.88. The summed E-state index contributed by atoms with van der Waals surface area (Å²) in [5, 5.41) is 18.3. The molecule has 0 radical (unpaired) electrons. The number of ether oxygens (including phenoxy) is 1. The van der Waals surface area contributed by atoms with Crippen molar-refractivity contribution in [1.82, 2.24) is 15.1 Å². The number of amides is 2. The number of aromatic nitrogens is 2. The molecule has 3 N–H and O–H groups in total. The first kappa shape index (κ1) is 23.0. The minimum absolute atomic E-state index is 0.0631. The Balaban J connectivity index is 1.40. The minimum Gasteiger partial charge on any atom is -0.477 e. The summed E-state index contributed by atoms with van der Waals surface area (Å²) in [5.41, 5.74) is 4.40. The summed E-state index contributed by atoms with van der Waals surface area (Å²) in [6.45, 7) is 2.03. The fraction of sp³-hybridized carbons (Fsp3) is 0.280. The van der Waals surface area contributed by atoms with Crippen LogP contribution in [0.15, 0.2) is 54.6 Å². The largest absolute Gasteiger partial charge is 0.477 e. The molecule has 176 valence electrons. The lowest BCUT2D eigenvalue weighted by Crippen LogP contribution is -2.44. The maximum Gasteiger partial charge on any atom is 0.407 e. The molecule has 1 aliphatic rings. The molecule has 3 aromatic rings. The number of aryl methyl sites for hydroxylation is 1. The number of nitrogens with zero attached hydrogens (tertiary/aromatic N) is 2. The Bertz CT molecular complexity index is 1190. The number of aromatic carboxylic acids is 1. The van der Waals surface area contributed by atoms with Crippen LogP contribution in [0.3, 0.4) is 0 Å². The van der Waals surface area contributed by atoms with Crippen molar-refractivity contribution in [3.63, 3.8) is 0 Å². The van der Waals surface area contributed by atoms with E-state index in [1.54, 1.807) is 0 Å². The molecule has 1 heterocycles. The summed E-state index contributed by atoms with van der Waals surface area (Å²) in [7, 11) is 1.47. The normalized spacial score (nSPS) is 13.0. The van der Waals surface area contributed by atoms with E-state index >= 15 is 0 Å². The van der Waals surface area contributed by atoms with Gasteiger partial charge in [0.1, 0.15) is 18.3 Å². The molecular formula is C25H26N4O5. The zero-order chi connectivity index (χ0) is 24.2. The molecule has 0 aliphatic heterocycles. The second-order valence-corrected chi connectivity index (χ2v) is 8.14. The van der Waals surface area contributed by atoms with E-state index in [-0.39, 0.29) is 24.0 Å². The first-order chi connectivity index (χ1) is 16.4. The van der Waals surface area contributed by atoms with Crippen molar-refractivity contribution in [2.45, 2.75) is 31.7 Å². The topological polar surface area (TPSA) is 123 Å². The number of hydrogen-bond donors (Lipinski definition) is 3. The maximum absolute atomic E-state index is 12.7. The molecule has 2 amide bonds. The van der Waals surface area contributed by atoms with Gasteiger partial charge in [0.15, 0.2) is 5.82 Å². The van der Waals surface area contributed by atoms with Gasteiger partial charge in [-0.1, -0.05) is 61.9 Å². The molecule has 0 bridgehead atoms. The fourth-order valence-electron chi connectivity index (χ4n) is 4.28. The Morgan fingerprint density at radius 1 is 1.09 bits per heavy atom. The highest BCUT2D eigenvalue weighted by atomic mass is 16.5. The summed E-state index contributed by atoms with van der Waals surface area (Å²) in [4.78, 5) is 36.5. The first-order valence-electron chi connectivity index (χ1n) is 11.1. The molecule has 34 heavy (non-hydrogen) atoms. The van der Waals surface area contributed by atoms with Gasteiger partial charge in [-0.05, 0) is 28.7 Å². The Morgan fingerprint density at radius 3 is 2.26 bits per heavy atom. The summed E-state index contributed by atoms with van der Waals surface area (Å²) < 4.78 is 6.70. The number of carbonyl (C=O) groups excluding carboxylic acids is 2. The van der Waals surface area contributed by atoms with Crippen LogP contribution in [0, 0.1) is 0 Å². The van der Waals surface area contributed by atoms with Gasteiger partial charge < -0.3 is 20.5 Å². The average Bonchev–Trinajstić information content (AvgIpc) is 3.35. The Morgan fingerprint density at radius 2 is 1.71 bits per heavy atom. The molecule has 9 heteroatoms. The first-order valence-corrected chi connectivity index (χ1v) is 11.1. The van der Waals surface area contributed by atoms with Gasteiger partial charge in [0, 0.05) is 19.0 Å². The second-order valence-electron chi connectivity index (χ2n) is 8.14. The Hall–Kier alpha value is -4.14. The summed E-state index contributed by atoms with van der Waals surface area (Å²) in [6, 6.07) is 16.5. The van der Waals surface area contributed by atoms with E-state index < -0.39 is 24.0 Å². The third-order valence-electron chi connectivity index (χ3n) is 5.88. The van der Waals surface area contributed by atoms with Gasteiger partial charge in [0.05, 0.1) is 0 Å². The SMILES string of the molecule is CCC[C@@H](NC(=O)OCC1c2ccccc2-c2ccccc21)C(=O)Nc1cc(C(=O)O)n(C)n1. The molecule has 0 spiro atoms. The van der Waals surface area contributed by atoms with E-state index in [4.69, 9.17) is 9.84 Å². The van der Waals surface area contributed by atoms with Crippen molar-refractivity contribution in [3.05, 3.63) is 71.4 Å². The van der Waals surface area contributed by atoms with Crippen molar-refractivity contribution in [3.8, 4) is 11.1 Å². The van der Waals surface area contributed by atoms with Gasteiger partial charge in [-0.3, -0.25) is 9.48 Å². The number of carboxylic acid groups (broad SMARTS) is 1. The minimum atomic E-state index is -1.16. The van der Waals surface area contributed by atoms with Gasteiger partial charge in [-0.25, -0.2) is 9.59 Å². The van der Waals surface area contributed by atoms with Crippen LogP contribution in [0.1, 0.15) is 47.3 Å². The second kappa shape index (κ2) is 9.78.